The van der Waals surface area contributed by atoms with E-state index in [1.807, 2.05) is 42.5 Å². The Morgan fingerprint density at radius 1 is 1.00 bits per heavy atom. The summed E-state index contributed by atoms with van der Waals surface area (Å²) in [5, 5.41) is 12.8. The molecule has 2 N–H and O–H groups in total. The Morgan fingerprint density at radius 3 is 2.41 bits per heavy atom. The van der Waals surface area contributed by atoms with Gasteiger partial charge in [-0.15, -0.1) is 0 Å². The smallest absolute Gasteiger partial charge is 0.255 e. The molecule has 7 heteroatoms. The monoisotopic (exact) mass is 460 g/mol. The summed E-state index contributed by atoms with van der Waals surface area (Å²) in [4.78, 5) is 22.2. The molecule has 4 rings (SSSR count). The number of aliphatic hydroxyl groups is 1. The van der Waals surface area contributed by atoms with Crippen LogP contribution in [0.25, 0.3) is 0 Å². The number of methoxy groups -OCH3 is 1. The first-order valence-corrected chi connectivity index (χ1v) is 11.7. The van der Waals surface area contributed by atoms with Gasteiger partial charge in [0.15, 0.2) is 0 Å². The van der Waals surface area contributed by atoms with Crippen molar-refractivity contribution in [2.45, 2.75) is 19.0 Å². The summed E-state index contributed by atoms with van der Waals surface area (Å²) >= 11 is 0. The molecule has 34 heavy (non-hydrogen) atoms. The molecule has 3 aromatic rings. The minimum absolute atomic E-state index is 0.125. The number of hydrogen-bond donors (Lipinski definition) is 2. The number of aromatic nitrogens is 1. The Bertz CT molecular complexity index is 1050. The SMILES string of the molecule is COc1ccc(CN2CCN(c3ncccc3C(=O)NC(CO)Cc3ccccc3)CC2)cc1. The Hall–Kier alpha value is -3.42. The third-order valence-corrected chi connectivity index (χ3v) is 6.15. The van der Waals surface area contributed by atoms with E-state index in [0.29, 0.717) is 17.8 Å². The van der Waals surface area contributed by atoms with Gasteiger partial charge in [0.1, 0.15) is 11.6 Å². The van der Waals surface area contributed by atoms with Gasteiger partial charge < -0.3 is 20.1 Å². The van der Waals surface area contributed by atoms with Crippen molar-refractivity contribution in [2.75, 3.05) is 44.8 Å². The second-order valence-corrected chi connectivity index (χ2v) is 8.53. The van der Waals surface area contributed by atoms with Crippen LogP contribution in [0.3, 0.4) is 0 Å². The summed E-state index contributed by atoms with van der Waals surface area (Å²) in [6.45, 7) is 4.11. The molecule has 0 radical (unpaired) electrons. The molecular formula is C27H32N4O3. The van der Waals surface area contributed by atoms with E-state index in [9.17, 15) is 9.90 Å². The van der Waals surface area contributed by atoms with Gasteiger partial charge in [-0.2, -0.15) is 0 Å². The number of amides is 1. The van der Waals surface area contributed by atoms with Gasteiger partial charge in [-0.1, -0.05) is 42.5 Å². The van der Waals surface area contributed by atoms with Crippen LogP contribution < -0.4 is 15.0 Å². The van der Waals surface area contributed by atoms with E-state index in [4.69, 9.17) is 4.74 Å². The molecule has 1 unspecified atom stereocenters. The molecule has 0 saturated carbocycles. The first-order chi connectivity index (χ1) is 16.7. The van der Waals surface area contributed by atoms with Gasteiger partial charge in [0.2, 0.25) is 0 Å². The fourth-order valence-electron chi connectivity index (χ4n) is 4.26. The molecule has 1 aromatic heterocycles. The Labute approximate surface area is 201 Å². The average Bonchev–Trinajstić information content (AvgIpc) is 2.90. The number of nitrogens with zero attached hydrogens (tertiary/aromatic N) is 3. The molecule has 1 saturated heterocycles. The number of piperazine rings is 1. The van der Waals surface area contributed by atoms with Crippen molar-refractivity contribution in [3.05, 3.63) is 89.6 Å². The van der Waals surface area contributed by atoms with Crippen LogP contribution in [0, 0.1) is 0 Å². The minimum Gasteiger partial charge on any atom is -0.497 e. The minimum atomic E-state index is -0.357. The van der Waals surface area contributed by atoms with Crippen LogP contribution in [-0.2, 0) is 13.0 Å². The standard InChI is InChI=1S/C27H32N4O3/c1-34-24-11-9-22(10-12-24)19-30-14-16-31(17-15-30)26-25(8-5-13-28-26)27(33)29-23(20-32)18-21-6-3-2-4-7-21/h2-13,23,32H,14-20H2,1H3,(H,29,33). The number of carbonyl (C=O) groups excluding carboxylic acids is 1. The second kappa shape index (κ2) is 11.6. The van der Waals surface area contributed by atoms with Gasteiger partial charge in [-0.05, 0) is 41.8 Å². The van der Waals surface area contributed by atoms with Crippen LogP contribution in [0.5, 0.6) is 5.75 Å². The molecule has 1 aliphatic heterocycles. The molecular weight excluding hydrogens is 428 g/mol. The highest BCUT2D eigenvalue weighted by Crippen LogP contribution is 2.21. The number of nitrogens with one attached hydrogen (secondary N) is 1. The lowest BCUT2D eigenvalue weighted by atomic mass is 10.1. The lowest BCUT2D eigenvalue weighted by Crippen LogP contribution is -2.47. The molecule has 0 bridgehead atoms. The van der Waals surface area contributed by atoms with E-state index < -0.39 is 0 Å². The topological polar surface area (TPSA) is 77.9 Å². The van der Waals surface area contributed by atoms with Gasteiger partial charge in [0.05, 0.1) is 25.3 Å². The van der Waals surface area contributed by atoms with E-state index in [2.05, 4.69) is 32.2 Å². The van der Waals surface area contributed by atoms with Gasteiger partial charge in [0, 0.05) is 38.9 Å². The highest BCUT2D eigenvalue weighted by molar-refractivity contribution is 5.99. The molecule has 0 spiro atoms. The van der Waals surface area contributed by atoms with Crippen LogP contribution in [0.2, 0.25) is 0 Å². The van der Waals surface area contributed by atoms with Crippen LogP contribution in [-0.4, -0.2) is 66.8 Å². The maximum absolute atomic E-state index is 13.1. The fourth-order valence-corrected chi connectivity index (χ4v) is 4.26. The van der Waals surface area contributed by atoms with Crippen molar-refractivity contribution in [2.24, 2.45) is 0 Å². The van der Waals surface area contributed by atoms with E-state index in [1.165, 1.54) is 5.56 Å². The number of rotatable bonds is 9. The van der Waals surface area contributed by atoms with Gasteiger partial charge in [-0.3, -0.25) is 9.69 Å². The predicted octanol–water partition coefficient (Wildman–Crippen LogP) is 2.75. The highest BCUT2D eigenvalue weighted by Gasteiger charge is 2.24. The molecule has 1 fully saturated rings. The number of hydrogen-bond acceptors (Lipinski definition) is 6. The molecule has 1 amide bonds. The highest BCUT2D eigenvalue weighted by atomic mass is 16.5. The van der Waals surface area contributed by atoms with Crippen molar-refractivity contribution in [3.8, 4) is 5.75 Å². The largest absolute Gasteiger partial charge is 0.497 e. The number of aliphatic hydroxyl groups excluding tert-OH is 1. The first-order valence-electron chi connectivity index (χ1n) is 11.7. The lowest BCUT2D eigenvalue weighted by molar-refractivity contribution is 0.0916. The third-order valence-electron chi connectivity index (χ3n) is 6.15. The Balaban J connectivity index is 1.36. The van der Waals surface area contributed by atoms with Crippen molar-refractivity contribution in [3.63, 3.8) is 0 Å². The quantitative estimate of drug-likeness (QED) is 0.511. The molecule has 1 aliphatic rings. The predicted molar refractivity (Wildman–Crippen MR) is 133 cm³/mol. The van der Waals surface area contributed by atoms with Crippen LogP contribution in [0.15, 0.2) is 72.9 Å². The lowest BCUT2D eigenvalue weighted by Gasteiger charge is -2.36. The second-order valence-electron chi connectivity index (χ2n) is 8.53. The first kappa shape index (κ1) is 23.7. The van der Waals surface area contributed by atoms with Crippen LogP contribution >= 0.6 is 0 Å². The van der Waals surface area contributed by atoms with E-state index >= 15 is 0 Å². The summed E-state index contributed by atoms with van der Waals surface area (Å²) in [5.41, 5.74) is 2.86. The fraction of sp³-hybridized carbons (Fsp3) is 0.333. The summed E-state index contributed by atoms with van der Waals surface area (Å²) in [6, 6.07) is 21.3. The van der Waals surface area contributed by atoms with Gasteiger partial charge in [-0.25, -0.2) is 4.98 Å². The van der Waals surface area contributed by atoms with Crippen molar-refractivity contribution in [1.29, 1.82) is 0 Å². The molecule has 178 valence electrons. The number of benzene rings is 2. The Morgan fingerprint density at radius 2 is 1.74 bits per heavy atom. The molecule has 0 aliphatic carbocycles. The van der Waals surface area contributed by atoms with E-state index in [-0.39, 0.29) is 18.6 Å². The number of carbonyl (C=O) groups is 1. The number of anilines is 1. The Kier molecular flexibility index (Phi) is 8.12. The zero-order valence-corrected chi connectivity index (χ0v) is 19.6. The van der Waals surface area contributed by atoms with Gasteiger partial charge >= 0.3 is 0 Å². The molecule has 7 nitrogen and oxygen atoms in total. The summed E-state index contributed by atoms with van der Waals surface area (Å²) in [6.07, 6.45) is 2.30. The summed E-state index contributed by atoms with van der Waals surface area (Å²) in [7, 11) is 1.67. The average molecular weight is 461 g/mol. The van der Waals surface area contributed by atoms with Gasteiger partial charge in [0.25, 0.3) is 5.91 Å². The summed E-state index contributed by atoms with van der Waals surface area (Å²) in [5.74, 6) is 1.35. The zero-order chi connectivity index (χ0) is 23.8. The van der Waals surface area contributed by atoms with E-state index in [0.717, 1.165) is 44.0 Å². The van der Waals surface area contributed by atoms with E-state index in [1.54, 1.807) is 25.4 Å². The number of ether oxygens (including phenoxy) is 1. The normalized spacial score (nSPS) is 15.1. The van der Waals surface area contributed by atoms with Crippen LogP contribution in [0.4, 0.5) is 5.82 Å². The molecule has 2 aromatic carbocycles. The molecule has 2 heterocycles. The summed E-state index contributed by atoms with van der Waals surface area (Å²) < 4.78 is 5.24. The third kappa shape index (κ3) is 6.12. The molecule has 1 atom stereocenters. The zero-order valence-electron chi connectivity index (χ0n) is 19.6. The van der Waals surface area contributed by atoms with Crippen molar-refractivity contribution in [1.82, 2.24) is 15.2 Å². The number of pyridine rings is 1. The maximum Gasteiger partial charge on any atom is 0.255 e. The maximum atomic E-state index is 13.1. The van der Waals surface area contributed by atoms with Crippen LogP contribution in [0.1, 0.15) is 21.5 Å². The van der Waals surface area contributed by atoms with Crippen molar-refractivity contribution >= 4 is 11.7 Å². The van der Waals surface area contributed by atoms with Crippen molar-refractivity contribution < 1.29 is 14.6 Å².